The lowest BCUT2D eigenvalue weighted by atomic mass is 9.98. The zero-order valence-corrected chi connectivity index (χ0v) is 18.9. The molecule has 0 saturated heterocycles. The minimum Gasteiger partial charge on any atom is -0.366 e. The highest BCUT2D eigenvalue weighted by Gasteiger charge is 2.39. The molecule has 1 amide bonds. The third kappa shape index (κ3) is 2.98. The predicted molar refractivity (Wildman–Crippen MR) is 122 cm³/mol. The zero-order chi connectivity index (χ0) is 22.1. The third-order valence-electron chi connectivity index (χ3n) is 5.81. The summed E-state index contributed by atoms with van der Waals surface area (Å²) in [5.41, 5.74) is 9.01. The highest BCUT2D eigenvalue weighted by molar-refractivity contribution is 7.98. The zero-order valence-electron chi connectivity index (χ0n) is 17.3. The number of rotatable bonds is 5. The van der Waals surface area contributed by atoms with Crippen molar-refractivity contribution >= 4 is 49.5 Å². The molecular weight excluding hydrogens is 434 g/mol. The van der Waals surface area contributed by atoms with Crippen LogP contribution in [0.1, 0.15) is 34.7 Å². The molecule has 1 saturated carbocycles. The molecule has 1 aliphatic carbocycles. The van der Waals surface area contributed by atoms with E-state index in [0.717, 1.165) is 21.4 Å². The van der Waals surface area contributed by atoms with Crippen molar-refractivity contribution in [1.82, 2.24) is 9.13 Å². The van der Waals surface area contributed by atoms with Gasteiger partial charge in [-0.3, -0.25) is 4.79 Å². The second-order valence-corrected chi connectivity index (χ2v) is 10.8. The molecule has 4 aromatic rings. The Morgan fingerprint density at radius 1 is 1.19 bits per heavy atom. The summed E-state index contributed by atoms with van der Waals surface area (Å²) in [6.45, 7) is 3.63. The first-order valence-corrected chi connectivity index (χ1v) is 12.6. The van der Waals surface area contributed by atoms with Gasteiger partial charge in [-0.2, -0.15) is 0 Å². The number of carbonyl (C=O) groups excluding carboxylic acids is 1. The number of aryl methyl sites for hydroxylation is 2. The Morgan fingerprint density at radius 3 is 2.52 bits per heavy atom. The quantitative estimate of drug-likeness (QED) is 0.451. The molecule has 0 radical (unpaired) electrons. The van der Waals surface area contributed by atoms with E-state index in [1.807, 2.05) is 37.4 Å². The molecule has 160 valence electrons. The Bertz CT molecular complexity index is 1480. The van der Waals surface area contributed by atoms with Crippen LogP contribution in [-0.4, -0.2) is 35.0 Å². The number of aromatic nitrogens is 2. The fraction of sp³-hybridized carbons (Fsp3) is 0.273. The average molecular weight is 456 g/mol. The molecule has 0 aliphatic heterocycles. The molecule has 0 spiro atoms. The summed E-state index contributed by atoms with van der Waals surface area (Å²) < 4.78 is 33.6. The number of carbonyl (C=O) groups is 1. The highest BCUT2D eigenvalue weighted by atomic mass is 32.2. The molecule has 2 aromatic heterocycles. The van der Waals surface area contributed by atoms with Gasteiger partial charge in [0.2, 0.25) is 10.0 Å². The molecule has 31 heavy (non-hydrogen) atoms. The van der Waals surface area contributed by atoms with Crippen LogP contribution < -0.4 is 5.73 Å². The summed E-state index contributed by atoms with van der Waals surface area (Å²) in [6, 6.07) is 9.26. The highest BCUT2D eigenvalue weighted by Crippen LogP contribution is 2.41. The van der Waals surface area contributed by atoms with Gasteiger partial charge < -0.3 is 10.3 Å². The van der Waals surface area contributed by atoms with Gasteiger partial charge in [0.15, 0.2) is 0 Å². The number of nitrogens with zero attached hydrogens (tertiary/aromatic N) is 2. The average Bonchev–Trinajstić information content (AvgIpc) is 3.47. The molecule has 9 heteroatoms. The number of fused-ring (bicyclic) bond motifs is 3. The Balaban J connectivity index is 1.98. The van der Waals surface area contributed by atoms with Gasteiger partial charge in [-0.05, 0) is 62.8 Å². The van der Waals surface area contributed by atoms with Crippen LogP contribution in [0.15, 0.2) is 39.8 Å². The fourth-order valence-corrected chi connectivity index (χ4v) is 6.56. The number of amides is 1. The first-order valence-electron chi connectivity index (χ1n) is 9.87. The lowest BCUT2D eigenvalue weighted by molar-refractivity contribution is 0.100. The van der Waals surface area contributed by atoms with E-state index in [0.29, 0.717) is 40.7 Å². The van der Waals surface area contributed by atoms with Crippen LogP contribution in [0, 0.1) is 13.8 Å². The first kappa shape index (κ1) is 20.1. The van der Waals surface area contributed by atoms with Gasteiger partial charge in [-0.25, -0.2) is 12.4 Å². The summed E-state index contributed by atoms with van der Waals surface area (Å²) in [6.07, 6.45) is 3.18. The van der Waals surface area contributed by atoms with E-state index in [4.69, 9.17) is 10.3 Å². The van der Waals surface area contributed by atoms with Crippen molar-refractivity contribution < 1.29 is 17.7 Å². The molecule has 0 bridgehead atoms. The van der Waals surface area contributed by atoms with Gasteiger partial charge in [-0.15, -0.1) is 11.8 Å². The van der Waals surface area contributed by atoms with E-state index in [-0.39, 0.29) is 5.56 Å². The van der Waals surface area contributed by atoms with Gasteiger partial charge in [0.05, 0.1) is 27.5 Å². The maximum absolute atomic E-state index is 13.5. The number of thioether (sulfide) groups is 1. The van der Waals surface area contributed by atoms with E-state index >= 15 is 0 Å². The van der Waals surface area contributed by atoms with E-state index in [1.165, 1.54) is 15.7 Å². The van der Waals surface area contributed by atoms with Gasteiger partial charge in [0.1, 0.15) is 5.76 Å². The molecule has 0 unspecified atom stereocenters. The maximum atomic E-state index is 13.5. The van der Waals surface area contributed by atoms with E-state index in [9.17, 15) is 13.2 Å². The van der Waals surface area contributed by atoms with Crippen LogP contribution in [0.2, 0.25) is 0 Å². The minimum absolute atomic E-state index is 0.165. The van der Waals surface area contributed by atoms with Gasteiger partial charge >= 0.3 is 0 Å². The second kappa shape index (κ2) is 6.86. The van der Waals surface area contributed by atoms with Crippen LogP contribution in [0.5, 0.6) is 0 Å². The van der Waals surface area contributed by atoms with Gasteiger partial charge in [0.25, 0.3) is 5.91 Å². The van der Waals surface area contributed by atoms with Crippen molar-refractivity contribution in [2.75, 3.05) is 6.26 Å². The normalized spacial score (nSPS) is 14.5. The number of benzene rings is 2. The Labute approximate surface area is 183 Å². The molecular formula is C22H21N3O4S2. The summed E-state index contributed by atoms with van der Waals surface area (Å²) in [5.74, 6) is -0.0648. The number of primary amides is 1. The molecule has 0 atom stereocenters. The van der Waals surface area contributed by atoms with Crippen molar-refractivity contribution in [3.8, 4) is 11.1 Å². The molecule has 1 aliphatic rings. The van der Waals surface area contributed by atoms with Crippen LogP contribution >= 0.6 is 11.8 Å². The number of nitrogens with two attached hydrogens (primary N) is 1. The summed E-state index contributed by atoms with van der Waals surface area (Å²) >= 11 is 1.53. The molecule has 2 heterocycles. The first-order chi connectivity index (χ1) is 14.7. The summed E-state index contributed by atoms with van der Waals surface area (Å²) in [5, 5.41) is 5.00. The van der Waals surface area contributed by atoms with Crippen molar-refractivity contribution in [3.05, 3.63) is 47.3 Å². The van der Waals surface area contributed by atoms with E-state index in [1.54, 1.807) is 13.0 Å². The predicted octanol–water partition coefficient (Wildman–Crippen LogP) is 4.23. The topological polar surface area (TPSA) is 108 Å². The molecule has 7 nitrogen and oxygen atoms in total. The summed E-state index contributed by atoms with van der Waals surface area (Å²) in [7, 11) is -3.67. The lowest BCUT2D eigenvalue weighted by Gasteiger charge is -2.11. The van der Waals surface area contributed by atoms with Crippen LogP contribution in [0.4, 0.5) is 0 Å². The van der Waals surface area contributed by atoms with Crippen LogP contribution in [0.25, 0.3) is 32.9 Å². The Hall–Kier alpha value is -2.78. The fourth-order valence-electron chi connectivity index (χ4n) is 4.22. The minimum atomic E-state index is -3.67. The largest absolute Gasteiger partial charge is 0.366 e. The van der Waals surface area contributed by atoms with Gasteiger partial charge in [-0.1, -0.05) is 11.2 Å². The van der Waals surface area contributed by atoms with E-state index < -0.39 is 21.2 Å². The number of hydrogen-bond donors (Lipinski definition) is 1. The van der Waals surface area contributed by atoms with Crippen molar-refractivity contribution in [1.29, 1.82) is 0 Å². The van der Waals surface area contributed by atoms with Crippen LogP contribution in [-0.2, 0) is 10.0 Å². The number of hydrogen-bond acceptors (Lipinski definition) is 6. The monoisotopic (exact) mass is 455 g/mol. The smallest absolute Gasteiger partial charge is 0.250 e. The second-order valence-electron chi connectivity index (χ2n) is 7.88. The standard InChI is InChI=1S/C22H21N3O4S2/c1-11-20(12(2)29-24-11)13-8-17-16-7-4-14(30-3)10-19(16)25(31(27,28)15-5-6-15)21(17)18(9-13)22(23)26/h4,7-10,15H,5-6H2,1-3H3,(H2,23,26). The SMILES string of the molecule is CSc1ccc2c3cc(-c4c(C)noc4C)cc(C(N)=O)c3n(S(=O)(=O)C3CC3)c2c1. The van der Waals surface area contributed by atoms with Crippen LogP contribution in [0.3, 0.4) is 0 Å². The van der Waals surface area contributed by atoms with Crippen molar-refractivity contribution in [2.45, 2.75) is 36.8 Å². The molecule has 2 aromatic carbocycles. The third-order valence-corrected chi connectivity index (χ3v) is 8.74. The Morgan fingerprint density at radius 2 is 1.94 bits per heavy atom. The molecule has 1 fully saturated rings. The lowest BCUT2D eigenvalue weighted by Crippen LogP contribution is -2.20. The Kier molecular flexibility index (Phi) is 4.46. The molecule has 2 N–H and O–H groups in total. The van der Waals surface area contributed by atoms with E-state index in [2.05, 4.69) is 5.16 Å². The van der Waals surface area contributed by atoms with Crippen molar-refractivity contribution in [3.63, 3.8) is 0 Å². The maximum Gasteiger partial charge on any atom is 0.250 e. The van der Waals surface area contributed by atoms with Gasteiger partial charge in [0, 0.05) is 21.2 Å². The summed E-state index contributed by atoms with van der Waals surface area (Å²) in [4.78, 5) is 13.5. The van der Waals surface area contributed by atoms with Crippen molar-refractivity contribution in [2.24, 2.45) is 5.73 Å². The molecule has 5 rings (SSSR count).